The summed E-state index contributed by atoms with van der Waals surface area (Å²) < 4.78 is 7.06. The minimum absolute atomic E-state index is 0.323. The van der Waals surface area contributed by atoms with E-state index >= 15 is 0 Å². The molecule has 0 atom stereocenters. The Kier molecular flexibility index (Phi) is 4.83. The van der Waals surface area contributed by atoms with Crippen LogP contribution in [0, 0.1) is 5.41 Å². The molecule has 0 N–H and O–H groups in total. The molecule has 0 radical (unpaired) electrons. The van der Waals surface area contributed by atoms with Gasteiger partial charge in [0, 0.05) is 6.07 Å². The molecule has 1 aromatic heterocycles. The second kappa shape index (κ2) is 6.31. The smallest absolute Gasteiger partial charge is 0.317 e. The summed E-state index contributed by atoms with van der Waals surface area (Å²) >= 11 is 12.0. The van der Waals surface area contributed by atoms with Crippen molar-refractivity contribution < 1.29 is 9.53 Å². The first-order valence-electron chi connectivity index (χ1n) is 6.99. The second-order valence-corrected chi connectivity index (χ2v) is 6.79. The molecule has 0 saturated heterocycles. The Balaban J connectivity index is 2.44. The van der Waals surface area contributed by atoms with E-state index in [0.717, 1.165) is 12.1 Å². The standard InChI is InChI=1S/C16H18Cl2N2O2/c1-5-10-8-14(22-15(21)16(2,3)4)20(19-10)11-6-7-12(17)13(18)9-11/h6-9H,5H2,1-4H3. The van der Waals surface area contributed by atoms with Gasteiger partial charge >= 0.3 is 5.97 Å². The van der Waals surface area contributed by atoms with E-state index in [1.807, 2.05) is 6.92 Å². The summed E-state index contributed by atoms with van der Waals surface area (Å²) in [5, 5.41) is 5.32. The minimum Gasteiger partial charge on any atom is -0.407 e. The van der Waals surface area contributed by atoms with E-state index in [1.165, 1.54) is 0 Å². The first-order chi connectivity index (χ1) is 10.2. The highest BCUT2D eigenvalue weighted by Crippen LogP contribution is 2.28. The van der Waals surface area contributed by atoms with Crippen LogP contribution < -0.4 is 4.74 Å². The number of halogens is 2. The number of carbonyl (C=O) groups is 1. The van der Waals surface area contributed by atoms with Crippen molar-refractivity contribution in [2.45, 2.75) is 34.1 Å². The van der Waals surface area contributed by atoms with Crippen molar-refractivity contribution in [3.8, 4) is 11.6 Å². The summed E-state index contributed by atoms with van der Waals surface area (Å²) in [7, 11) is 0. The van der Waals surface area contributed by atoms with Crippen LogP contribution in [0.4, 0.5) is 0 Å². The van der Waals surface area contributed by atoms with Crippen LogP contribution >= 0.6 is 23.2 Å². The molecule has 1 heterocycles. The fourth-order valence-electron chi connectivity index (χ4n) is 1.71. The monoisotopic (exact) mass is 340 g/mol. The number of hydrogen-bond acceptors (Lipinski definition) is 3. The van der Waals surface area contributed by atoms with Crippen LogP contribution in [0.2, 0.25) is 10.0 Å². The first-order valence-corrected chi connectivity index (χ1v) is 7.74. The predicted molar refractivity (Wildman–Crippen MR) is 88.1 cm³/mol. The lowest BCUT2D eigenvalue weighted by atomic mass is 9.97. The molecule has 0 unspecified atom stereocenters. The highest BCUT2D eigenvalue weighted by molar-refractivity contribution is 6.42. The highest BCUT2D eigenvalue weighted by atomic mass is 35.5. The van der Waals surface area contributed by atoms with Crippen LogP contribution in [0.15, 0.2) is 24.3 Å². The van der Waals surface area contributed by atoms with E-state index in [2.05, 4.69) is 5.10 Å². The van der Waals surface area contributed by atoms with Gasteiger partial charge in [0.15, 0.2) is 0 Å². The quantitative estimate of drug-likeness (QED) is 0.761. The molecular formula is C16H18Cl2N2O2. The summed E-state index contributed by atoms with van der Waals surface area (Å²) in [5.41, 5.74) is 0.910. The topological polar surface area (TPSA) is 44.1 Å². The zero-order valence-electron chi connectivity index (χ0n) is 13.0. The fraction of sp³-hybridized carbons (Fsp3) is 0.375. The van der Waals surface area contributed by atoms with Crippen LogP contribution in [0.3, 0.4) is 0 Å². The normalized spacial score (nSPS) is 11.5. The Morgan fingerprint density at radius 2 is 1.91 bits per heavy atom. The van der Waals surface area contributed by atoms with Gasteiger partial charge in [0.05, 0.1) is 26.8 Å². The Morgan fingerprint density at radius 1 is 1.23 bits per heavy atom. The maximum absolute atomic E-state index is 12.1. The summed E-state index contributed by atoms with van der Waals surface area (Å²) in [6.45, 7) is 7.39. The van der Waals surface area contributed by atoms with Gasteiger partial charge in [0.25, 0.3) is 0 Å². The molecule has 0 amide bonds. The Hall–Kier alpha value is -1.52. The molecule has 0 bridgehead atoms. The van der Waals surface area contributed by atoms with E-state index in [-0.39, 0.29) is 5.97 Å². The van der Waals surface area contributed by atoms with Gasteiger partial charge in [-0.25, -0.2) is 4.68 Å². The lowest BCUT2D eigenvalue weighted by Crippen LogP contribution is -2.26. The molecular weight excluding hydrogens is 323 g/mol. The highest BCUT2D eigenvalue weighted by Gasteiger charge is 2.25. The third-order valence-electron chi connectivity index (χ3n) is 3.05. The van der Waals surface area contributed by atoms with E-state index in [9.17, 15) is 4.79 Å². The van der Waals surface area contributed by atoms with Crippen LogP contribution in [-0.2, 0) is 11.2 Å². The molecule has 2 rings (SSSR count). The van der Waals surface area contributed by atoms with Gasteiger partial charge in [0.2, 0.25) is 5.88 Å². The van der Waals surface area contributed by atoms with Crippen LogP contribution in [0.25, 0.3) is 5.69 Å². The van der Waals surface area contributed by atoms with Crippen molar-refractivity contribution in [1.82, 2.24) is 9.78 Å². The molecule has 0 fully saturated rings. The number of nitrogens with zero attached hydrogens (tertiary/aromatic N) is 2. The van der Waals surface area contributed by atoms with Crippen molar-refractivity contribution >= 4 is 29.2 Å². The van der Waals surface area contributed by atoms with Crippen molar-refractivity contribution in [2.75, 3.05) is 0 Å². The third-order valence-corrected chi connectivity index (χ3v) is 3.79. The number of aromatic nitrogens is 2. The number of rotatable bonds is 3. The SMILES string of the molecule is CCc1cc(OC(=O)C(C)(C)C)n(-c2ccc(Cl)c(Cl)c2)n1. The van der Waals surface area contributed by atoms with Gasteiger partial charge in [-0.2, -0.15) is 5.10 Å². The number of hydrogen-bond donors (Lipinski definition) is 0. The maximum Gasteiger partial charge on any atom is 0.317 e. The van der Waals surface area contributed by atoms with Gasteiger partial charge in [-0.05, 0) is 45.4 Å². The molecule has 2 aromatic rings. The molecule has 4 nitrogen and oxygen atoms in total. The number of benzene rings is 1. The van der Waals surface area contributed by atoms with E-state index in [1.54, 1.807) is 49.7 Å². The van der Waals surface area contributed by atoms with Gasteiger partial charge in [0.1, 0.15) is 0 Å². The Labute approximate surface area is 140 Å². The first kappa shape index (κ1) is 16.8. The zero-order valence-corrected chi connectivity index (χ0v) is 14.5. The molecule has 0 aliphatic heterocycles. The van der Waals surface area contributed by atoms with E-state index < -0.39 is 5.41 Å². The molecule has 6 heteroatoms. The van der Waals surface area contributed by atoms with Crippen LogP contribution in [0.5, 0.6) is 5.88 Å². The number of aryl methyl sites for hydroxylation is 1. The van der Waals surface area contributed by atoms with Crippen molar-refractivity contribution in [3.63, 3.8) is 0 Å². The molecule has 1 aromatic carbocycles. The lowest BCUT2D eigenvalue weighted by molar-refractivity contribution is -0.143. The lowest BCUT2D eigenvalue weighted by Gasteiger charge is -2.16. The molecule has 0 aliphatic carbocycles. The average molecular weight is 341 g/mol. The Morgan fingerprint density at radius 3 is 2.45 bits per heavy atom. The fourth-order valence-corrected chi connectivity index (χ4v) is 2.00. The summed E-state index contributed by atoms with van der Waals surface area (Å²) in [4.78, 5) is 12.1. The van der Waals surface area contributed by atoms with Gasteiger partial charge in [-0.15, -0.1) is 0 Å². The molecule has 0 saturated carbocycles. The van der Waals surface area contributed by atoms with Crippen LogP contribution in [-0.4, -0.2) is 15.7 Å². The van der Waals surface area contributed by atoms with Gasteiger partial charge in [-0.1, -0.05) is 30.1 Å². The van der Waals surface area contributed by atoms with Gasteiger partial charge in [-0.3, -0.25) is 4.79 Å². The van der Waals surface area contributed by atoms with E-state index in [0.29, 0.717) is 21.6 Å². The van der Waals surface area contributed by atoms with Gasteiger partial charge < -0.3 is 4.74 Å². The average Bonchev–Trinajstić information content (AvgIpc) is 2.84. The summed E-state index contributed by atoms with van der Waals surface area (Å²) in [5.74, 6) is 0.0477. The number of ether oxygens (including phenoxy) is 1. The molecule has 22 heavy (non-hydrogen) atoms. The second-order valence-electron chi connectivity index (χ2n) is 5.98. The predicted octanol–water partition coefficient (Wildman–Crippen LogP) is 4.69. The molecule has 118 valence electrons. The van der Waals surface area contributed by atoms with Crippen LogP contribution in [0.1, 0.15) is 33.4 Å². The number of carbonyl (C=O) groups excluding carboxylic acids is 1. The third kappa shape index (κ3) is 3.62. The van der Waals surface area contributed by atoms with Crippen molar-refractivity contribution in [2.24, 2.45) is 5.41 Å². The summed E-state index contributed by atoms with van der Waals surface area (Å²) in [6, 6.07) is 6.90. The number of esters is 1. The van der Waals surface area contributed by atoms with Crippen molar-refractivity contribution in [3.05, 3.63) is 40.0 Å². The van der Waals surface area contributed by atoms with E-state index in [4.69, 9.17) is 27.9 Å². The largest absolute Gasteiger partial charge is 0.407 e. The zero-order chi connectivity index (χ0) is 16.5. The van der Waals surface area contributed by atoms with Crippen molar-refractivity contribution in [1.29, 1.82) is 0 Å². The molecule has 0 aliphatic rings. The molecule has 0 spiro atoms. The minimum atomic E-state index is -0.598. The maximum atomic E-state index is 12.1. The Bertz CT molecular complexity index is 703. The summed E-state index contributed by atoms with van der Waals surface area (Å²) in [6.07, 6.45) is 0.731.